The van der Waals surface area contributed by atoms with Gasteiger partial charge in [-0.2, -0.15) is 13.2 Å². The van der Waals surface area contributed by atoms with Crippen LogP contribution >= 0.6 is 0 Å². The maximum absolute atomic E-state index is 12.5. The quantitative estimate of drug-likeness (QED) is 0.735. The van der Waals surface area contributed by atoms with Crippen LogP contribution in [0.15, 0.2) is 30.5 Å². The predicted octanol–water partition coefficient (Wildman–Crippen LogP) is 2.82. The largest absolute Gasteiger partial charge is 0.490 e. The zero-order valence-electron chi connectivity index (χ0n) is 15.6. The number of nitrogens with one attached hydrogen (secondary N) is 1. The zero-order chi connectivity index (χ0) is 21.2. The molecule has 0 unspecified atom stereocenters. The van der Waals surface area contributed by atoms with Crippen molar-refractivity contribution in [3.05, 3.63) is 36.0 Å². The number of fused-ring (bicyclic) bond motifs is 3. The van der Waals surface area contributed by atoms with Crippen LogP contribution in [0.2, 0.25) is 0 Å². The highest BCUT2D eigenvalue weighted by molar-refractivity contribution is 6.04. The van der Waals surface area contributed by atoms with Crippen molar-refractivity contribution in [3.8, 4) is 0 Å². The molecule has 2 N–H and O–H groups in total. The van der Waals surface area contributed by atoms with Gasteiger partial charge in [-0.3, -0.25) is 4.90 Å². The number of aromatic nitrogens is 1. The lowest BCUT2D eigenvalue weighted by Gasteiger charge is -2.46. The summed E-state index contributed by atoms with van der Waals surface area (Å²) in [6.07, 6.45) is -1.66. The smallest absolute Gasteiger partial charge is 0.475 e. The third-order valence-electron chi connectivity index (χ3n) is 5.17. The fraction of sp³-hybridized carbons (Fsp3) is 0.474. The molecular formula is C19H21F3N2O5. The van der Waals surface area contributed by atoms with Crippen LogP contribution in [0.4, 0.5) is 13.2 Å². The van der Waals surface area contributed by atoms with E-state index in [0.717, 1.165) is 37.0 Å². The number of likely N-dealkylation sites (N-methyl/N-ethyl adjacent to an activating group) is 1. The molecule has 0 saturated carbocycles. The standard InChI is InChI=1S/C17H20N2O3.C2HF3O2/c1-19-11-6-13(7-12(19)10-21-9-11)22-17(20)15-8-18-16-5-3-2-4-14(15)16;3-2(4,5)1(6)7/h2-5,8,11-13,18H,6-7,9-10H2,1H3;(H,6,7)/t11-,12+,13-;. The van der Waals surface area contributed by atoms with Crippen molar-refractivity contribution in [2.24, 2.45) is 0 Å². The van der Waals surface area contributed by atoms with E-state index >= 15 is 0 Å². The van der Waals surface area contributed by atoms with E-state index in [0.29, 0.717) is 17.6 Å². The molecule has 2 aliphatic heterocycles. The topological polar surface area (TPSA) is 91.9 Å². The summed E-state index contributed by atoms with van der Waals surface area (Å²) in [5.74, 6) is -2.99. The third kappa shape index (κ3) is 4.88. The van der Waals surface area contributed by atoms with Crippen molar-refractivity contribution in [2.75, 3.05) is 20.3 Å². The number of carbonyl (C=O) groups is 2. The van der Waals surface area contributed by atoms with Crippen molar-refractivity contribution in [2.45, 2.75) is 37.2 Å². The Labute approximate surface area is 164 Å². The lowest BCUT2D eigenvalue weighted by molar-refractivity contribution is -0.192. The van der Waals surface area contributed by atoms with E-state index in [-0.39, 0.29) is 12.1 Å². The van der Waals surface area contributed by atoms with Crippen molar-refractivity contribution in [3.63, 3.8) is 0 Å². The van der Waals surface area contributed by atoms with Crippen LogP contribution in [-0.2, 0) is 14.3 Å². The molecule has 3 atom stereocenters. The Bertz CT molecular complexity index is 868. The number of carboxylic acid groups (broad SMARTS) is 1. The molecule has 158 valence electrons. The lowest BCUT2D eigenvalue weighted by atomic mass is 9.92. The summed E-state index contributed by atoms with van der Waals surface area (Å²) in [4.78, 5) is 26.9. The van der Waals surface area contributed by atoms with Gasteiger partial charge >= 0.3 is 18.1 Å². The van der Waals surface area contributed by atoms with Gasteiger partial charge in [0.05, 0.1) is 18.8 Å². The van der Waals surface area contributed by atoms with Crippen LogP contribution < -0.4 is 0 Å². The normalized spacial score (nSPS) is 24.5. The van der Waals surface area contributed by atoms with Gasteiger partial charge in [-0.15, -0.1) is 0 Å². The van der Waals surface area contributed by atoms with E-state index < -0.39 is 12.1 Å². The van der Waals surface area contributed by atoms with E-state index in [2.05, 4.69) is 16.9 Å². The fourth-order valence-electron chi connectivity index (χ4n) is 3.60. The summed E-state index contributed by atoms with van der Waals surface area (Å²) < 4.78 is 43.1. The minimum absolute atomic E-state index is 0.0173. The van der Waals surface area contributed by atoms with Gasteiger partial charge in [0.15, 0.2) is 0 Å². The van der Waals surface area contributed by atoms with Crippen molar-refractivity contribution < 1.29 is 37.3 Å². The molecule has 0 amide bonds. The van der Waals surface area contributed by atoms with E-state index in [4.69, 9.17) is 19.4 Å². The second kappa shape index (κ2) is 8.42. The highest BCUT2D eigenvalue weighted by Crippen LogP contribution is 2.29. The molecule has 0 spiro atoms. The lowest BCUT2D eigenvalue weighted by Crippen LogP contribution is -2.56. The molecule has 4 rings (SSSR count). The first-order valence-corrected chi connectivity index (χ1v) is 9.03. The molecule has 1 aromatic carbocycles. The van der Waals surface area contributed by atoms with Gasteiger partial charge in [0.25, 0.3) is 0 Å². The van der Waals surface area contributed by atoms with Crippen LogP contribution in [0.25, 0.3) is 10.9 Å². The molecular weight excluding hydrogens is 393 g/mol. The number of hydrogen-bond acceptors (Lipinski definition) is 5. The molecule has 0 aliphatic carbocycles. The Morgan fingerprint density at radius 3 is 2.38 bits per heavy atom. The number of morpholine rings is 1. The van der Waals surface area contributed by atoms with Crippen LogP contribution in [0.5, 0.6) is 0 Å². The number of carbonyl (C=O) groups excluding carboxylic acids is 1. The second-order valence-electron chi connectivity index (χ2n) is 7.06. The van der Waals surface area contributed by atoms with E-state index in [1.54, 1.807) is 6.20 Å². The number of rotatable bonds is 2. The summed E-state index contributed by atoms with van der Waals surface area (Å²) in [6, 6.07) is 8.50. The maximum Gasteiger partial charge on any atom is 0.490 e. The van der Waals surface area contributed by atoms with Crippen LogP contribution in [0.3, 0.4) is 0 Å². The maximum atomic E-state index is 12.5. The van der Waals surface area contributed by atoms with Gasteiger partial charge in [-0.25, -0.2) is 9.59 Å². The Morgan fingerprint density at radius 2 is 1.79 bits per heavy atom. The van der Waals surface area contributed by atoms with Gasteiger partial charge in [0.1, 0.15) is 6.10 Å². The van der Waals surface area contributed by atoms with E-state index in [9.17, 15) is 18.0 Å². The fourth-order valence-corrected chi connectivity index (χ4v) is 3.60. The van der Waals surface area contributed by atoms with E-state index in [1.165, 1.54) is 0 Å². The van der Waals surface area contributed by atoms with Crippen molar-refractivity contribution in [1.82, 2.24) is 9.88 Å². The summed E-state index contributed by atoms with van der Waals surface area (Å²) in [6.45, 7) is 1.46. The Kier molecular flexibility index (Phi) is 6.13. The second-order valence-corrected chi connectivity index (χ2v) is 7.06. The first-order chi connectivity index (χ1) is 13.7. The highest BCUT2D eigenvalue weighted by atomic mass is 19.4. The van der Waals surface area contributed by atoms with Crippen molar-refractivity contribution in [1.29, 1.82) is 0 Å². The Morgan fingerprint density at radius 1 is 1.21 bits per heavy atom. The first kappa shape index (κ1) is 21.1. The first-order valence-electron chi connectivity index (χ1n) is 9.03. The number of aliphatic carboxylic acids is 1. The van der Waals surface area contributed by atoms with Gasteiger partial charge in [0.2, 0.25) is 0 Å². The van der Waals surface area contributed by atoms with E-state index in [1.807, 2.05) is 24.3 Å². The van der Waals surface area contributed by atoms with Crippen molar-refractivity contribution >= 4 is 22.8 Å². The molecule has 2 aliphatic rings. The molecule has 2 saturated heterocycles. The molecule has 2 fully saturated rings. The molecule has 2 aromatic rings. The molecule has 3 heterocycles. The average molecular weight is 414 g/mol. The number of halogens is 3. The summed E-state index contributed by atoms with van der Waals surface area (Å²) >= 11 is 0. The number of carboxylic acids is 1. The number of hydrogen-bond donors (Lipinski definition) is 2. The van der Waals surface area contributed by atoms with Gasteiger partial charge in [0, 0.05) is 42.0 Å². The van der Waals surface area contributed by atoms with Gasteiger partial charge in [-0.05, 0) is 13.1 Å². The van der Waals surface area contributed by atoms with Gasteiger partial charge in [-0.1, -0.05) is 18.2 Å². The van der Waals surface area contributed by atoms with Crippen LogP contribution in [-0.4, -0.2) is 71.6 Å². The minimum Gasteiger partial charge on any atom is -0.475 e. The SMILES string of the molecule is CN1[C@@H]2COC[C@H]1C[C@@H](OC(=O)c1c[nH]c3ccccc13)C2.O=C(O)C(F)(F)F. The monoisotopic (exact) mass is 414 g/mol. The predicted molar refractivity (Wildman–Crippen MR) is 96.6 cm³/mol. The molecule has 2 bridgehead atoms. The molecule has 10 heteroatoms. The highest BCUT2D eigenvalue weighted by Gasteiger charge is 2.39. The number of ether oxygens (including phenoxy) is 2. The number of para-hydroxylation sites is 1. The zero-order valence-corrected chi connectivity index (χ0v) is 15.6. The summed E-state index contributed by atoms with van der Waals surface area (Å²) in [7, 11) is 2.13. The summed E-state index contributed by atoms with van der Waals surface area (Å²) in [5, 5.41) is 8.05. The number of nitrogens with zero attached hydrogens (tertiary/aromatic N) is 1. The van der Waals surface area contributed by atoms with Gasteiger partial charge < -0.3 is 19.6 Å². The number of H-pyrrole nitrogens is 1. The van der Waals surface area contributed by atoms with Crippen LogP contribution in [0, 0.1) is 0 Å². The number of benzene rings is 1. The molecule has 7 nitrogen and oxygen atoms in total. The Hall–Kier alpha value is -2.59. The molecule has 1 aromatic heterocycles. The molecule has 29 heavy (non-hydrogen) atoms. The Balaban J connectivity index is 0.000000298. The number of piperidine rings is 1. The minimum atomic E-state index is -5.08. The molecule has 0 radical (unpaired) electrons. The average Bonchev–Trinajstić information content (AvgIpc) is 3.06. The number of aromatic amines is 1. The van der Waals surface area contributed by atoms with Crippen LogP contribution in [0.1, 0.15) is 23.2 Å². The third-order valence-corrected chi connectivity index (χ3v) is 5.17. The number of alkyl halides is 3. The number of esters is 1. The summed E-state index contributed by atoms with van der Waals surface area (Å²) in [5.41, 5.74) is 1.58.